The second-order valence-electron chi connectivity index (χ2n) is 7.72. The van der Waals surface area contributed by atoms with Crippen molar-refractivity contribution >= 4 is 47.2 Å². The predicted molar refractivity (Wildman–Crippen MR) is 128 cm³/mol. The van der Waals surface area contributed by atoms with Gasteiger partial charge in [-0.2, -0.15) is 0 Å². The van der Waals surface area contributed by atoms with E-state index in [0.717, 1.165) is 41.7 Å². The van der Waals surface area contributed by atoms with Gasteiger partial charge in [0.2, 0.25) is 0 Å². The highest BCUT2D eigenvalue weighted by atomic mass is 127. The number of aryl methyl sites for hydroxylation is 1. The number of rotatable bonds is 10. The van der Waals surface area contributed by atoms with E-state index in [1.165, 1.54) is 43.6 Å². The lowest BCUT2D eigenvalue weighted by atomic mass is 10.3. The third-order valence-electron chi connectivity index (χ3n) is 5.17. The smallest absolute Gasteiger partial charge is 0.350 e. The Morgan fingerprint density at radius 3 is 2.69 bits per heavy atom. The maximum Gasteiger partial charge on any atom is 0.350 e. The van der Waals surface area contributed by atoms with Crippen molar-refractivity contribution < 1.29 is 9.53 Å². The number of thiazole rings is 1. The van der Waals surface area contributed by atoms with Crippen molar-refractivity contribution in [1.29, 1.82) is 0 Å². The average Bonchev–Trinajstić information content (AvgIpc) is 3.58. The first-order valence-electron chi connectivity index (χ1n) is 10.4. The van der Waals surface area contributed by atoms with Crippen LogP contribution in [-0.4, -0.2) is 61.1 Å². The molecule has 9 heteroatoms. The van der Waals surface area contributed by atoms with Crippen molar-refractivity contribution in [2.45, 2.75) is 58.5 Å². The van der Waals surface area contributed by atoms with Crippen LogP contribution in [0.4, 0.5) is 0 Å². The van der Waals surface area contributed by atoms with Gasteiger partial charge in [0.05, 0.1) is 18.3 Å². The van der Waals surface area contributed by atoms with Crippen LogP contribution in [0.3, 0.4) is 0 Å². The number of hydrogen-bond donors (Lipinski definition) is 2. The third-order valence-corrected chi connectivity index (χ3v) is 6.49. The van der Waals surface area contributed by atoms with Crippen LogP contribution in [0.5, 0.6) is 0 Å². The highest BCUT2D eigenvalue weighted by molar-refractivity contribution is 14.0. The largest absolute Gasteiger partial charge is 0.462 e. The number of ether oxygens (including phenoxy) is 1. The molecule has 2 aliphatic rings. The Kier molecular flexibility index (Phi) is 9.61. The molecule has 1 aromatic rings. The maximum atomic E-state index is 12.0. The minimum atomic E-state index is -0.297. The van der Waals surface area contributed by atoms with Gasteiger partial charge in [-0.1, -0.05) is 0 Å². The Hall–Kier alpha value is -0.940. The van der Waals surface area contributed by atoms with Crippen LogP contribution in [-0.2, 0) is 4.74 Å². The van der Waals surface area contributed by atoms with E-state index >= 15 is 0 Å². The highest BCUT2D eigenvalue weighted by Crippen LogP contribution is 2.34. The first kappa shape index (κ1) is 24.3. The van der Waals surface area contributed by atoms with Crippen molar-refractivity contribution in [3.63, 3.8) is 0 Å². The second-order valence-corrected chi connectivity index (χ2v) is 8.75. The Labute approximate surface area is 195 Å². The van der Waals surface area contributed by atoms with E-state index in [2.05, 4.69) is 25.5 Å². The van der Waals surface area contributed by atoms with Crippen LogP contribution in [0, 0.1) is 12.8 Å². The Morgan fingerprint density at radius 2 is 2.10 bits per heavy atom. The lowest BCUT2D eigenvalue weighted by molar-refractivity contribution is 0.0531. The Bertz CT molecular complexity index is 703. The zero-order valence-electron chi connectivity index (χ0n) is 17.9. The van der Waals surface area contributed by atoms with E-state index in [1.54, 1.807) is 7.05 Å². The van der Waals surface area contributed by atoms with Gasteiger partial charge < -0.3 is 15.4 Å². The van der Waals surface area contributed by atoms with Gasteiger partial charge in [0.15, 0.2) is 5.96 Å². The maximum absolute atomic E-state index is 12.0. The van der Waals surface area contributed by atoms with Gasteiger partial charge in [-0.25, -0.2) is 9.78 Å². The number of esters is 1. The second kappa shape index (κ2) is 11.5. The van der Waals surface area contributed by atoms with Crippen molar-refractivity contribution in [1.82, 2.24) is 20.5 Å². The summed E-state index contributed by atoms with van der Waals surface area (Å²) in [4.78, 5) is 24.1. The molecule has 3 rings (SSSR count). The molecule has 0 aliphatic heterocycles. The van der Waals surface area contributed by atoms with Crippen molar-refractivity contribution in [3.05, 3.63) is 15.6 Å². The summed E-state index contributed by atoms with van der Waals surface area (Å²) in [5.41, 5.74) is 0.718. The highest BCUT2D eigenvalue weighted by Gasteiger charge is 2.33. The summed E-state index contributed by atoms with van der Waals surface area (Å²) < 4.78 is 5.11. The normalized spacial score (nSPS) is 17.6. The molecule has 0 aromatic carbocycles. The van der Waals surface area contributed by atoms with Gasteiger partial charge in [0.25, 0.3) is 0 Å². The van der Waals surface area contributed by atoms with E-state index < -0.39 is 0 Å². The third kappa shape index (κ3) is 7.36. The van der Waals surface area contributed by atoms with Crippen LogP contribution in [0.15, 0.2) is 4.99 Å². The molecule has 1 heterocycles. The minimum absolute atomic E-state index is 0. The van der Waals surface area contributed by atoms with Crippen LogP contribution in [0.1, 0.15) is 65.9 Å². The summed E-state index contributed by atoms with van der Waals surface area (Å²) in [6.07, 6.45) is 5.50. The monoisotopic (exact) mass is 535 g/mol. The fraction of sp³-hybridized carbons (Fsp3) is 0.750. The number of nitrogens with one attached hydrogen (secondary N) is 2. The van der Waals surface area contributed by atoms with Gasteiger partial charge in [-0.15, -0.1) is 35.3 Å². The lowest BCUT2D eigenvalue weighted by Gasteiger charge is -2.23. The molecular formula is C20H34IN5O2S. The van der Waals surface area contributed by atoms with E-state index in [9.17, 15) is 4.79 Å². The van der Waals surface area contributed by atoms with Gasteiger partial charge in [0, 0.05) is 32.7 Å². The zero-order chi connectivity index (χ0) is 20.1. The van der Waals surface area contributed by atoms with Crippen molar-refractivity contribution in [2.24, 2.45) is 10.9 Å². The first-order valence-corrected chi connectivity index (χ1v) is 11.2. The number of nitrogens with zero attached hydrogens (tertiary/aromatic N) is 3. The molecule has 0 amide bonds. The summed E-state index contributed by atoms with van der Waals surface area (Å²) in [5.74, 6) is 1.40. The van der Waals surface area contributed by atoms with Crippen molar-refractivity contribution in [2.75, 3.05) is 33.3 Å². The summed E-state index contributed by atoms with van der Waals surface area (Å²) in [6.45, 7) is 9.24. The number of carbonyl (C=O) groups excluding carboxylic acids is 1. The van der Waals surface area contributed by atoms with Gasteiger partial charge >= 0.3 is 5.97 Å². The van der Waals surface area contributed by atoms with Crippen LogP contribution in [0.2, 0.25) is 0 Å². The van der Waals surface area contributed by atoms with E-state index in [4.69, 9.17) is 4.74 Å². The molecule has 2 aliphatic carbocycles. The van der Waals surface area contributed by atoms with Gasteiger partial charge in [-0.05, 0) is 52.4 Å². The number of halogens is 1. The molecule has 0 bridgehead atoms. The van der Waals surface area contributed by atoms with Crippen LogP contribution >= 0.6 is 35.3 Å². The standard InChI is InChI=1S/C20H33N5O2S.HI/c1-5-27-19(26)17-13(2)23-18(28-17)14(3)24-20(21-4)22-10-11-25(16-8-9-16)12-15-6-7-15;/h14-16H,5-12H2,1-4H3,(H2,21,22,24);1H. The number of aliphatic imine (C=N–C) groups is 1. The molecule has 2 saturated carbocycles. The SMILES string of the molecule is CCOC(=O)c1sc(C(C)NC(=NC)NCCN(CC2CC2)C2CC2)nc1C.I. The van der Waals surface area contributed by atoms with Gasteiger partial charge in [0.1, 0.15) is 9.88 Å². The van der Waals surface area contributed by atoms with Crippen molar-refractivity contribution in [3.8, 4) is 0 Å². The van der Waals surface area contributed by atoms with Gasteiger partial charge in [-0.3, -0.25) is 9.89 Å². The Balaban J connectivity index is 0.00000300. The fourth-order valence-corrected chi connectivity index (χ4v) is 4.23. The Morgan fingerprint density at radius 1 is 1.38 bits per heavy atom. The molecule has 2 N–H and O–H groups in total. The molecular weight excluding hydrogens is 501 g/mol. The fourth-order valence-electron chi connectivity index (χ4n) is 3.26. The zero-order valence-corrected chi connectivity index (χ0v) is 21.0. The summed E-state index contributed by atoms with van der Waals surface area (Å²) >= 11 is 1.38. The average molecular weight is 535 g/mol. The molecule has 164 valence electrons. The molecule has 0 saturated heterocycles. The number of aromatic nitrogens is 1. The lowest BCUT2D eigenvalue weighted by Crippen LogP contribution is -2.43. The van der Waals surface area contributed by atoms with E-state index in [0.29, 0.717) is 11.5 Å². The number of hydrogen-bond acceptors (Lipinski definition) is 6. The molecule has 29 heavy (non-hydrogen) atoms. The predicted octanol–water partition coefficient (Wildman–Crippen LogP) is 3.35. The molecule has 7 nitrogen and oxygen atoms in total. The van der Waals surface area contributed by atoms with Crippen LogP contribution < -0.4 is 10.6 Å². The molecule has 1 aromatic heterocycles. The summed E-state index contributed by atoms with van der Waals surface area (Å²) in [7, 11) is 1.78. The van der Waals surface area contributed by atoms with E-state index in [-0.39, 0.29) is 36.0 Å². The quantitative estimate of drug-likeness (QED) is 0.207. The number of guanidine groups is 1. The number of carbonyl (C=O) groups is 1. The topological polar surface area (TPSA) is 78.8 Å². The minimum Gasteiger partial charge on any atom is -0.462 e. The molecule has 1 atom stereocenters. The molecule has 0 radical (unpaired) electrons. The summed E-state index contributed by atoms with van der Waals surface area (Å²) in [6, 6.07) is 0.764. The summed E-state index contributed by atoms with van der Waals surface area (Å²) in [5, 5.41) is 7.66. The molecule has 2 fully saturated rings. The molecule has 1 unspecified atom stereocenters. The molecule has 0 spiro atoms. The first-order chi connectivity index (χ1) is 13.5. The van der Waals surface area contributed by atoms with E-state index in [1.807, 2.05) is 20.8 Å². The van der Waals surface area contributed by atoms with Crippen LogP contribution in [0.25, 0.3) is 0 Å².